The first-order valence-corrected chi connectivity index (χ1v) is 13.1. The molecule has 8 nitrogen and oxygen atoms in total. The van der Waals surface area contributed by atoms with Crippen LogP contribution in [0.5, 0.6) is 0 Å². The van der Waals surface area contributed by atoms with Crippen LogP contribution in [-0.2, 0) is 16.0 Å². The van der Waals surface area contributed by atoms with Crippen LogP contribution in [-0.4, -0.2) is 28.4 Å². The van der Waals surface area contributed by atoms with Gasteiger partial charge in [0.1, 0.15) is 0 Å². The highest BCUT2D eigenvalue weighted by Crippen LogP contribution is 2.36. The molecule has 0 saturated carbocycles. The minimum Gasteiger partial charge on any atom is -0.452 e. The average Bonchev–Trinajstić information content (AvgIpc) is 2.93. The van der Waals surface area contributed by atoms with Crippen LogP contribution >= 0.6 is 0 Å². The van der Waals surface area contributed by atoms with Crippen molar-refractivity contribution < 1.29 is 19.2 Å². The van der Waals surface area contributed by atoms with Gasteiger partial charge in [-0.15, -0.1) is 0 Å². The molecule has 1 aliphatic rings. The van der Waals surface area contributed by atoms with E-state index in [1.807, 2.05) is 63.2 Å². The van der Waals surface area contributed by atoms with E-state index >= 15 is 0 Å². The average molecular weight is 536 g/mol. The number of carbonyl (C=O) groups is 2. The zero-order valence-corrected chi connectivity index (χ0v) is 22.6. The summed E-state index contributed by atoms with van der Waals surface area (Å²) >= 11 is 0. The number of aryl methyl sites for hydroxylation is 3. The molecule has 8 heteroatoms. The highest BCUT2D eigenvalue weighted by molar-refractivity contribution is 6.07. The van der Waals surface area contributed by atoms with Gasteiger partial charge in [0.25, 0.3) is 11.6 Å². The Kier molecular flexibility index (Phi) is 7.42. The number of hydrogen-bond acceptors (Lipinski definition) is 6. The molecule has 0 radical (unpaired) electrons. The molecule has 0 atom stereocenters. The zero-order valence-electron chi connectivity index (χ0n) is 22.6. The molecule has 0 unspecified atom stereocenters. The van der Waals surface area contributed by atoms with Gasteiger partial charge in [0.2, 0.25) is 0 Å². The van der Waals surface area contributed by atoms with Crippen molar-refractivity contribution >= 4 is 45.8 Å². The number of esters is 1. The number of fused-ring (bicyclic) bond motifs is 2. The van der Waals surface area contributed by atoms with Crippen molar-refractivity contribution in [2.24, 2.45) is 0 Å². The number of nitro benzene ring substituents is 1. The summed E-state index contributed by atoms with van der Waals surface area (Å²) in [7, 11) is 0. The Labute approximate surface area is 231 Å². The van der Waals surface area contributed by atoms with Crippen molar-refractivity contribution in [3.63, 3.8) is 0 Å². The highest BCUT2D eigenvalue weighted by Gasteiger charge is 2.26. The molecule has 40 heavy (non-hydrogen) atoms. The topological polar surface area (TPSA) is 111 Å². The first kappa shape index (κ1) is 26.7. The lowest BCUT2D eigenvalue weighted by atomic mass is 9.86. The molecule has 1 aromatic heterocycles. The number of anilines is 1. The molecule has 0 bridgehead atoms. The Bertz CT molecular complexity index is 1670. The second-order valence-electron chi connectivity index (χ2n) is 10.1. The fraction of sp³-hybridized carbons (Fsp3) is 0.219. The van der Waals surface area contributed by atoms with Crippen LogP contribution in [0.4, 0.5) is 11.4 Å². The Hall–Kier alpha value is -4.85. The summed E-state index contributed by atoms with van der Waals surface area (Å²) in [6, 6.07) is 17.7. The number of allylic oxidation sites excluding steroid dienone is 1. The number of carbonyl (C=O) groups excluding carboxylic acids is 2. The van der Waals surface area contributed by atoms with E-state index in [2.05, 4.69) is 5.32 Å². The Balaban J connectivity index is 1.45. The van der Waals surface area contributed by atoms with E-state index in [-0.39, 0.29) is 5.69 Å². The van der Waals surface area contributed by atoms with Gasteiger partial charge in [-0.05, 0) is 92.1 Å². The summed E-state index contributed by atoms with van der Waals surface area (Å²) in [5, 5.41) is 14.6. The summed E-state index contributed by atoms with van der Waals surface area (Å²) in [4.78, 5) is 41.8. The molecular weight excluding hydrogens is 506 g/mol. The van der Waals surface area contributed by atoms with E-state index in [1.54, 1.807) is 12.1 Å². The second kappa shape index (κ2) is 11.1. The number of nitro groups is 1. The van der Waals surface area contributed by atoms with Gasteiger partial charge in [0.05, 0.1) is 21.7 Å². The zero-order chi connectivity index (χ0) is 28.4. The van der Waals surface area contributed by atoms with Gasteiger partial charge < -0.3 is 10.1 Å². The lowest BCUT2D eigenvalue weighted by molar-refractivity contribution is -0.384. The van der Waals surface area contributed by atoms with Gasteiger partial charge in [-0.1, -0.05) is 35.9 Å². The van der Waals surface area contributed by atoms with Crippen molar-refractivity contribution in [3.8, 4) is 0 Å². The number of benzene rings is 3. The van der Waals surface area contributed by atoms with Crippen LogP contribution in [0.2, 0.25) is 0 Å². The number of nitrogens with one attached hydrogen (secondary N) is 1. The van der Waals surface area contributed by atoms with Crippen LogP contribution in [0, 0.1) is 30.9 Å². The van der Waals surface area contributed by atoms with Gasteiger partial charge in [-0.3, -0.25) is 14.9 Å². The maximum absolute atomic E-state index is 13.5. The summed E-state index contributed by atoms with van der Waals surface area (Å²) in [6.07, 6.45) is 4.15. The summed E-state index contributed by atoms with van der Waals surface area (Å²) in [5.41, 5.74) is 8.07. The van der Waals surface area contributed by atoms with Gasteiger partial charge >= 0.3 is 5.97 Å². The number of para-hydroxylation sites is 1. The summed E-state index contributed by atoms with van der Waals surface area (Å²) in [5.74, 6) is -0.978. The molecule has 0 fully saturated rings. The van der Waals surface area contributed by atoms with Crippen LogP contribution in [0.15, 0.2) is 60.7 Å². The smallest absolute Gasteiger partial charge is 0.339 e. The van der Waals surface area contributed by atoms with Crippen molar-refractivity contribution in [2.75, 3.05) is 11.9 Å². The Morgan fingerprint density at radius 3 is 2.42 bits per heavy atom. The third-order valence-electron chi connectivity index (χ3n) is 7.10. The Morgan fingerprint density at radius 1 is 1.02 bits per heavy atom. The molecule has 0 aliphatic heterocycles. The van der Waals surface area contributed by atoms with Crippen LogP contribution < -0.4 is 5.32 Å². The van der Waals surface area contributed by atoms with Crippen molar-refractivity contribution in [2.45, 2.75) is 40.0 Å². The van der Waals surface area contributed by atoms with Gasteiger partial charge in [-0.25, -0.2) is 9.78 Å². The minimum atomic E-state index is -0.570. The van der Waals surface area contributed by atoms with Gasteiger partial charge in [-0.2, -0.15) is 0 Å². The van der Waals surface area contributed by atoms with Crippen LogP contribution in [0.25, 0.3) is 22.6 Å². The molecule has 1 heterocycles. The monoisotopic (exact) mass is 535 g/mol. The number of ether oxygens (including phenoxy) is 1. The number of amides is 1. The van der Waals surface area contributed by atoms with Crippen molar-refractivity contribution in [1.29, 1.82) is 0 Å². The second-order valence-corrected chi connectivity index (χ2v) is 10.1. The van der Waals surface area contributed by atoms with E-state index in [9.17, 15) is 19.7 Å². The SMILES string of the molecule is Cc1cc(C)c(NC(=O)COC(=O)c2c3c(nc4ccccc24)C(=Cc2ccc([N+](=O)[O-])cc2)CCC3)c(C)c1. The lowest BCUT2D eigenvalue weighted by Crippen LogP contribution is -2.23. The number of hydrogen-bond donors (Lipinski definition) is 1. The van der Waals surface area contributed by atoms with E-state index in [0.717, 1.165) is 51.9 Å². The highest BCUT2D eigenvalue weighted by atomic mass is 16.6. The molecule has 4 aromatic rings. The largest absolute Gasteiger partial charge is 0.452 e. The lowest BCUT2D eigenvalue weighted by Gasteiger charge is -2.22. The molecular formula is C32H29N3O5. The minimum absolute atomic E-state index is 0.0251. The maximum Gasteiger partial charge on any atom is 0.339 e. The molecule has 1 N–H and O–H groups in total. The predicted octanol–water partition coefficient (Wildman–Crippen LogP) is 6.74. The number of non-ortho nitro benzene ring substituents is 1. The fourth-order valence-electron chi connectivity index (χ4n) is 5.36. The first-order valence-electron chi connectivity index (χ1n) is 13.1. The molecule has 0 spiro atoms. The molecule has 1 aliphatic carbocycles. The predicted molar refractivity (Wildman–Crippen MR) is 155 cm³/mol. The summed E-state index contributed by atoms with van der Waals surface area (Å²) in [6.45, 7) is 5.44. The third-order valence-corrected chi connectivity index (χ3v) is 7.10. The molecule has 5 rings (SSSR count). The van der Waals surface area contributed by atoms with Crippen LogP contribution in [0.3, 0.4) is 0 Å². The number of rotatable bonds is 6. The molecule has 1 amide bonds. The van der Waals surface area contributed by atoms with Crippen LogP contribution in [0.1, 0.15) is 56.7 Å². The number of nitrogens with zero attached hydrogens (tertiary/aromatic N) is 2. The summed E-state index contributed by atoms with van der Waals surface area (Å²) < 4.78 is 5.57. The number of pyridine rings is 1. The quantitative estimate of drug-likeness (QED) is 0.166. The van der Waals surface area contributed by atoms with E-state index in [4.69, 9.17) is 9.72 Å². The first-order chi connectivity index (χ1) is 19.2. The maximum atomic E-state index is 13.5. The normalized spacial score (nSPS) is 13.6. The van der Waals surface area contributed by atoms with E-state index in [0.29, 0.717) is 28.6 Å². The standard InChI is InChI=1S/C32H29N3O5/c1-19-15-20(2)30(21(3)16-19)34-28(36)18-40-32(37)29-25-8-4-5-10-27(25)33-31-23(7-6-9-26(29)31)17-22-11-13-24(14-12-22)35(38)39/h4-5,8,10-17H,6-7,9,18H2,1-3H3,(H,34,36). The van der Waals surface area contributed by atoms with Gasteiger partial charge in [0, 0.05) is 23.2 Å². The van der Waals surface area contributed by atoms with Gasteiger partial charge in [0.15, 0.2) is 6.61 Å². The Morgan fingerprint density at radius 2 is 1.73 bits per heavy atom. The molecule has 202 valence electrons. The molecule has 0 saturated heterocycles. The molecule has 3 aromatic carbocycles. The van der Waals surface area contributed by atoms with E-state index in [1.165, 1.54) is 12.1 Å². The fourth-order valence-corrected chi connectivity index (χ4v) is 5.36. The van der Waals surface area contributed by atoms with E-state index < -0.39 is 23.4 Å². The van der Waals surface area contributed by atoms with Crippen molar-refractivity contribution in [3.05, 3.63) is 110 Å². The number of aromatic nitrogens is 1. The third kappa shape index (κ3) is 5.47. The van der Waals surface area contributed by atoms with Crippen molar-refractivity contribution in [1.82, 2.24) is 4.98 Å².